The van der Waals surface area contributed by atoms with E-state index in [0.29, 0.717) is 19.6 Å². The average Bonchev–Trinajstić information content (AvgIpc) is 3.30. The number of nitrogens with zero attached hydrogens (tertiary/aromatic N) is 3. The second-order valence-electron chi connectivity index (χ2n) is 6.87. The quantitative estimate of drug-likeness (QED) is 0.834. The van der Waals surface area contributed by atoms with Crippen LogP contribution in [0.1, 0.15) is 42.8 Å². The highest BCUT2D eigenvalue weighted by atomic mass is 32.1. The lowest BCUT2D eigenvalue weighted by molar-refractivity contribution is -0.147. The van der Waals surface area contributed by atoms with Crippen LogP contribution in [0.2, 0.25) is 0 Å². The third kappa shape index (κ3) is 2.84. The molecule has 1 aromatic heterocycles. The molecule has 3 atom stereocenters. The molecule has 0 spiro atoms. The molecule has 130 valence electrons. The number of likely N-dealkylation sites (tertiary alicyclic amines) is 2. The summed E-state index contributed by atoms with van der Waals surface area (Å²) < 4.78 is 5.57. The second-order valence-corrected chi connectivity index (χ2v) is 7.94. The molecule has 1 unspecified atom stereocenters. The minimum atomic E-state index is -0.268. The van der Waals surface area contributed by atoms with E-state index in [0.717, 1.165) is 42.9 Å². The van der Waals surface area contributed by atoms with Crippen LogP contribution in [0.4, 0.5) is 0 Å². The fraction of sp³-hybridized carbons (Fsp3) is 0.706. The SMILES string of the molecule is Cc1nc(CN2C(=O)CC[C@@H]3[C@H]2CCN3C(=O)C2CCCO2)cs1. The highest BCUT2D eigenvalue weighted by Gasteiger charge is 2.46. The number of aryl methyl sites for hydroxylation is 1. The lowest BCUT2D eigenvalue weighted by Gasteiger charge is -2.39. The molecule has 0 saturated carbocycles. The molecular formula is C17H23N3O3S. The molecule has 4 heterocycles. The molecule has 3 fully saturated rings. The van der Waals surface area contributed by atoms with E-state index in [1.165, 1.54) is 0 Å². The Morgan fingerprint density at radius 3 is 2.96 bits per heavy atom. The van der Waals surface area contributed by atoms with Gasteiger partial charge in [-0.3, -0.25) is 9.59 Å². The number of ether oxygens (including phenoxy) is 1. The monoisotopic (exact) mass is 349 g/mol. The van der Waals surface area contributed by atoms with Crippen molar-refractivity contribution in [2.45, 2.75) is 63.8 Å². The summed E-state index contributed by atoms with van der Waals surface area (Å²) in [6.07, 6.45) is 3.67. The van der Waals surface area contributed by atoms with Gasteiger partial charge in [0.05, 0.1) is 29.3 Å². The van der Waals surface area contributed by atoms with Crippen molar-refractivity contribution in [3.05, 3.63) is 16.1 Å². The first kappa shape index (κ1) is 16.0. The fourth-order valence-corrected chi connectivity index (χ4v) is 4.84. The summed E-state index contributed by atoms with van der Waals surface area (Å²) in [5.74, 6) is 0.312. The fourth-order valence-electron chi connectivity index (χ4n) is 4.24. The second kappa shape index (κ2) is 6.44. The lowest BCUT2D eigenvalue weighted by atomic mass is 9.95. The van der Waals surface area contributed by atoms with Crippen LogP contribution in [0.15, 0.2) is 5.38 Å². The molecule has 4 rings (SSSR count). The minimum Gasteiger partial charge on any atom is -0.368 e. The molecule has 24 heavy (non-hydrogen) atoms. The highest BCUT2D eigenvalue weighted by Crippen LogP contribution is 2.34. The van der Waals surface area contributed by atoms with Gasteiger partial charge in [0.2, 0.25) is 5.91 Å². The normalized spacial score (nSPS) is 30.0. The summed E-state index contributed by atoms with van der Waals surface area (Å²) in [5.41, 5.74) is 0.954. The van der Waals surface area contributed by atoms with Crippen LogP contribution in [0.25, 0.3) is 0 Å². The van der Waals surface area contributed by atoms with Crippen LogP contribution in [-0.2, 0) is 20.9 Å². The van der Waals surface area contributed by atoms with Gasteiger partial charge in [-0.2, -0.15) is 0 Å². The van der Waals surface area contributed by atoms with E-state index in [1.54, 1.807) is 11.3 Å². The molecule has 0 bridgehead atoms. The predicted octanol–water partition coefficient (Wildman–Crippen LogP) is 1.72. The van der Waals surface area contributed by atoms with Crippen molar-refractivity contribution in [3.8, 4) is 0 Å². The van der Waals surface area contributed by atoms with Gasteiger partial charge >= 0.3 is 0 Å². The Hall–Kier alpha value is -1.47. The number of amides is 2. The number of hydrogen-bond acceptors (Lipinski definition) is 5. The Labute approximate surface area is 145 Å². The molecule has 0 aliphatic carbocycles. The van der Waals surface area contributed by atoms with Gasteiger partial charge in [0.25, 0.3) is 5.91 Å². The molecule has 3 aliphatic rings. The summed E-state index contributed by atoms with van der Waals surface area (Å²) in [6.45, 7) is 3.96. The number of piperidine rings is 1. The van der Waals surface area contributed by atoms with E-state index < -0.39 is 0 Å². The van der Waals surface area contributed by atoms with Crippen molar-refractivity contribution in [2.24, 2.45) is 0 Å². The van der Waals surface area contributed by atoms with Gasteiger partial charge in [-0.05, 0) is 32.6 Å². The zero-order valence-corrected chi connectivity index (χ0v) is 14.8. The van der Waals surface area contributed by atoms with E-state index >= 15 is 0 Å². The third-order valence-corrected chi connectivity index (χ3v) is 6.19. The molecule has 3 aliphatic heterocycles. The summed E-state index contributed by atoms with van der Waals surface area (Å²) >= 11 is 1.61. The average molecular weight is 349 g/mol. The first-order valence-electron chi connectivity index (χ1n) is 8.76. The standard InChI is InChI=1S/C17H23N3O3S/c1-11-18-12(10-24-11)9-20-14-6-7-19(13(14)4-5-16(20)21)17(22)15-3-2-8-23-15/h10,13-15H,2-9H2,1H3/t13-,14-,15?/m1/s1. The number of thiazole rings is 1. The van der Waals surface area contributed by atoms with E-state index in [9.17, 15) is 9.59 Å². The predicted molar refractivity (Wildman–Crippen MR) is 89.5 cm³/mol. The summed E-state index contributed by atoms with van der Waals surface area (Å²) in [5, 5.41) is 3.05. The van der Waals surface area contributed by atoms with E-state index in [-0.39, 0.29) is 30.0 Å². The van der Waals surface area contributed by atoms with Crippen LogP contribution >= 0.6 is 11.3 Å². The zero-order chi connectivity index (χ0) is 16.7. The third-order valence-electron chi connectivity index (χ3n) is 5.37. The maximum Gasteiger partial charge on any atom is 0.252 e. The van der Waals surface area contributed by atoms with E-state index in [1.807, 2.05) is 22.1 Å². The van der Waals surface area contributed by atoms with Crippen LogP contribution in [-0.4, -0.2) is 57.9 Å². The van der Waals surface area contributed by atoms with Crippen molar-refractivity contribution in [2.75, 3.05) is 13.2 Å². The smallest absolute Gasteiger partial charge is 0.252 e. The number of hydrogen-bond donors (Lipinski definition) is 0. The summed E-state index contributed by atoms with van der Waals surface area (Å²) in [4.78, 5) is 33.6. The largest absolute Gasteiger partial charge is 0.368 e. The molecule has 6 nitrogen and oxygen atoms in total. The van der Waals surface area contributed by atoms with Gasteiger partial charge in [0.15, 0.2) is 0 Å². The van der Waals surface area contributed by atoms with Gasteiger partial charge < -0.3 is 14.5 Å². The molecule has 0 aromatic carbocycles. The first-order valence-corrected chi connectivity index (χ1v) is 9.64. The Kier molecular flexibility index (Phi) is 4.30. The molecule has 2 amide bonds. The van der Waals surface area contributed by atoms with Gasteiger partial charge in [0.1, 0.15) is 6.10 Å². The Morgan fingerprint density at radius 2 is 2.25 bits per heavy atom. The van der Waals surface area contributed by atoms with Crippen molar-refractivity contribution in [3.63, 3.8) is 0 Å². The van der Waals surface area contributed by atoms with Crippen LogP contribution in [0, 0.1) is 6.92 Å². The number of fused-ring (bicyclic) bond motifs is 1. The molecule has 7 heteroatoms. The van der Waals surface area contributed by atoms with Crippen molar-refractivity contribution < 1.29 is 14.3 Å². The van der Waals surface area contributed by atoms with E-state index in [4.69, 9.17) is 4.74 Å². The van der Waals surface area contributed by atoms with Gasteiger partial charge in [-0.25, -0.2) is 4.98 Å². The van der Waals surface area contributed by atoms with Crippen molar-refractivity contribution in [1.82, 2.24) is 14.8 Å². The van der Waals surface area contributed by atoms with Gasteiger partial charge in [0, 0.05) is 25.0 Å². The van der Waals surface area contributed by atoms with Crippen LogP contribution in [0.3, 0.4) is 0 Å². The molecule has 1 aromatic rings. The van der Waals surface area contributed by atoms with Crippen molar-refractivity contribution >= 4 is 23.2 Å². The molecule has 0 radical (unpaired) electrons. The number of aromatic nitrogens is 1. The highest BCUT2D eigenvalue weighted by molar-refractivity contribution is 7.09. The Morgan fingerprint density at radius 1 is 1.38 bits per heavy atom. The van der Waals surface area contributed by atoms with Crippen LogP contribution < -0.4 is 0 Å². The number of carbonyl (C=O) groups excluding carboxylic acids is 2. The first-order chi connectivity index (χ1) is 11.6. The Balaban J connectivity index is 1.49. The summed E-state index contributed by atoms with van der Waals surface area (Å²) in [7, 11) is 0. The Bertz CT molecular complexity index is 641. The van der Waals surface area contributed by atoms with Crippen LogP contribution in [0.5, 0.6) is 0 Å². The van der Waals surface area contributed by atoms with Gasteiger partial charge in [-0.15, -0.1) is 11.3 Å². The minimum absolute atomic E-state index is 0.124. The maximum absolute atomic E-state index is 12.7. The van der Waals surface area contributed by atoms with E-state index in [2.05, 4.69) is 4.98 Å². The molecule has 3 saturated heterocycles. The lowest BCUT2D eigenvalue weighted by Crippen LogP contribution is -2.54. The topological polar surface area (TPSA) is 62.7 Å². The molecular weight excluding hydrogens is 326 g/mol. The number of carbonyl (C=O) groups is 2. The van der Waals surface area contributed by atoms with Crippen molar-refractivity contribution in [1.29, 1.82) is 0 Å². The summed E-state index contributed by atoms with van der Waals surface area (Å²) in [6, 6.07) is 0.262. The number of rotatable bonds is 3. The van der Waals surface area contributed by atoms with Gasteiger partial charge in [-0.1, -0.05) is 0 Å². The maximum atomic E-state index is 12.7. The molecule has 0 N–H and O–H groups in total. The zero-order valence-electron chi connectivity index (χ0n) is 13.9.